The van der Waals surface area contributed by atoms with Crippen molar-refractivity contribution in [2.45, 2.75) is 44.2 Å². The van der Waals surface area contributed by atoms with Gasteiger partial charge in [0.05, 0.1) is 25.1 Å². The molecule has 1 amide bonds. The van der Waals surface area contributed by atoms with Crippen LogP contribution in [-0.4, -0.2) is 64.7 Å². The van der Waals surface area contributed by atoms with E-state index in [-0.39, 0.29) is 5.91 Å². The van der Waals surface area contributed by atoms with Gasteiger partial charge in [0, 0.05) is 25.2 Å². The lowest BCUT2D eigenvalue weighted by Gasteiger charge is -2.57. The standard InChI is InChI=1S/C24H30N4O2/c1-30-21-6-4-5-17(11-21)12-23-20-13-19(22-7-2-3-10-28(22)23)15-27(16-20)24(29)18-8-9-25-26-14-18/h4-6,8-9,11,14,19-20,22-23H,2-3,7,10,12-13,15-16H2,1H3/t19-,20+,22+,23+/m1/s1. The van der Waals surface area contributed by atoms with E-state index in [2.05, 4.69) is 38.2 Å². The second-order valence-electron chi connectivity index (χ2n) is 9.02. The summed E-state index contributed by atoms with van der Waals surface area (Å²) in [5.41, 5.74) is 1.97. The fraction of sp³-hybridized carbons (Fsp3) is 0.542. The van der Waals surface area contributed by atoms with Crippen LogP contribution in [0, 0.1) is 11.8 Å². The lowest BCUT2D eigenvalue weighted by atomic mass is 9.71. The monoisotopic (exact) mass is 406 g/mol. The molecule has 1 aromatic carbocycles. The fourth-order valence-corrected chi connectivity index (χ4v) is 6.00. The van der Waals surface area contributed by atoms with Gasteiger partial charge in [0.15, 0.2) is 0 Å². The van der Waals surface area contributed by atoms with E-state index in [1.807, 2.05) is 6.07 Å². The van der Waals surface area contributed by atoms with Gasteiger partial charge in [-0.15, -0.1) is 0 Å². The molecular weight excluding hydrogens is 376 g/mol. The average molecular weight is 407 g/mol. The predicted molar refractivity (Wildman–Crippen MR) is 114 cm³/mol. The van der Waals surface area contributed by atoms with E-state index in [1.165, 1.54) is 37.8 Å². The molecule has 1 aromatic heterocycles. The Balaban J connectivity index is 1.41. The molecule has 2 bridgehead atoms. The number of benzene rings is 1. The maximum absolute atomic E-state index is 13.2. The number of amides is 1. The fourth-order valence-electron chi connectivity index (χ4n) is 6.00. The van der Waals surface area contributed by atoms with E-state index in [9.17, 15) is 4.79 Å². The van der Waals surface area contributed by atoms with Crippen molar-refractivity contribution >= 4 is 5.91 Å². The van der Waals surface area contributed by atoms with Crippen molar-refractivity contribution in [2.24, 2.45) is 11.8 Å². The number of hydrogen-bond acceptors (Lipinski definition) is 5. The Morgan fingerprint density at radius 3 is 2.90 bits per heavy atom. The molecule has 4 heterocycles. The third-order valence-corrected chi connectivity index (χ3v) is 7.32. The molecule has 6 nitrogen and oxygen atoms in total. The molecule has 0 radical (unpaired) electrons. The zero-order valence-corrected chi connectivity index (χ0v) is 17.6. The van der Waals surface area contributed by atoms with E-state index < -0.39 is 0 Å². The van der Waals surface area contributed by atoms with Crippen LogP contribution < -0.4 is 4.74 Å². The van der Waals surface area contributed by atoms with Gasteiger partial charge >= 0.3 is 0 Å². The lowest BCUT2D eigenvalue weighted by Crippen LogP contribution is -2.64. The van der Waals surface area contributed by atoms with Crippen LogP contribution in [0.1, 0.15) is 41.6 Å². The largest absolute Gasteiger partial charge is 0.497 e. The molecule has 158 valence electrons. The van der Waals surface area contributed by atoms with E-state index in [4.69, 9.17) is 4.74 Å². The molecule has 3 aliphatic rings. The summed E-state index contributed by atoms with van der Waals surface area (Å²) >= 11 is 0. The minimum Gasteiger partial charge on any atom is -0.497 e. The minimum atomic E-state index is 0.101. The molecule has 3 aliphatic heterocycles. The Labute approximate surface area is 178 Å². The number of fused-ring (bicyclic) bond motifs is 4. The number of carbonyl (C=O) groups excluding carboxylic acids is 1. The second-order valence-corrected chi connectivity index (χ2v) is 9.02. The zero-order chi connectivity index (χ0) is 20.5. The first-order valence-corrected chi connectivity index (χ1v) is 11.2. The van der Waals surface area contributed by atoms with Crippen molar-refractivity contribution < 1.29 is 9.53 Å². The molecule has 3 fully saturated rings. The van der Waals surface area contributed by atoms with Crippen molar-refractivity contribution in [3.05, 3.63) is 53.9 Å². The zero-order valence-electron chi connectivity index (χ0n) is 17.6. The van der Waals surface area contributed by atoms with Gasteiger partial charge in [-0.1, -0.05) is 18.6 Å². The van der Waals surface area contributed by atoms with Crippen LogP contribution in [0.25, 0.3) is 0 Å². The Morgan fingerprint density at radius 2 is 2.07 bits per heavy atom. The van der Waals surface area contributed by atoms with E-state index in [1.54, 1.807) is 25.6 Å². The van der Waals surface area contributed by atoms with Gasteiger partial charge in [-0.3, -0.25) is 9.69 Å². The van der Waals surface area contributed by atoms with Crippen LogP contribution in [0.3, 0.4) is 0 Å². The van der Waals surface area contributed by atoms with Gasteiger partial charge in [-0.05, 0) is 67.8 Å². The van der Waals surface area contributed by atoms with Gasteiger partial charge < -0.3 is 9.64 Å². The molecule has 3 saturated heterocycles. The van der Waals surface area contributed by atoms with Crippen molar-refractivity contribution in [3.8, 4) is 5.75 Å². The second kappa shape index (κ2) is 8.34. The van der Waals surface area contributed by atoms with E-state index >= 15 is 0 Å². The van der Waals surface area contributed by atoms with Crippen molar-refractivity contribution in [1.82, 2.24) is 20.0 Å². The number of methoxy groups -OCH3 is 1. The number of likely N-dealkylation sites (tertiary alicyclic amines) is 1. The predicted octanol–water partition coefficient (Wildman–Crippen LogP) is 3.04. The number of hydrogen-bond donors (Lipinski definition) is 0. The normalized spacial score (nSPS) is 28.6. The Morgan fingerprint density at radius 1 is 1.17 bits per heavy atom. The molecule has 6 heteroatoms. The van der Waals surface area contributed by atoms with Crippen molar-refractivity contribution in [2.75, 3.05) is 26.7 Å². The molecule has 0 aliphatic carbocycles. The number of nitrogens with zero attached hydrogens (tertiary/aromatic N) is 4. The molecular formula is C24H30N4O2. The first-order chi connectivity index (χ1) is 14.7. The molecule has 0 spiro atoms. The maximum Gasteiger partial charge on any atom is 0.255 e. The summed E-state index contributed by atoms with van der Waals surface area (Å²) in [6.45, 7) is 2.88. The molecule has 30 heavy (non-hydrogen) atoms. The summed E-state index contributed by atoms with van der Waals surface area (Å²) in [6, 6.07) is 11.3. The minimum absolute atomic E-state index is 0.101. The lowest BCUT2D eigenvalue weighted by molar-refractivity contribution is -0.0642. The van der Waals surface area contributed by atoms with Crippen LogP contribution in [0.4, 0.5) is 0 Å². The highest BCUT2D eigenvalue weighted by Gasteiger charge is 2.47. The highest BCUT2D eigenvalue weighted by molar-refractivity contribution is 5.93. The summed E-state index contributed by atoms with van der Waals surface area (Å²) in [6.07, 6.45) is 9.29. The summed E-state index contributed by atoms with van der Waals surface area (Å²) in [5.74, 6) is 2.10. The van der Waals surface area contributed by atoms with Gasteiger partial charge in [0.2, 0.25) is 0 Å². The van der Waals surface area contributed by atoms with Crippen LogP contribution in [0.15, 0.2) is 42.7 Å². The summed E-state index contributed by atoms with van der Waals surface area (Å²) in [4.78, 5) is 18.0. The highest BCUT2D eigenvalue weighted by atomic mass is 16.5. The number of rotatable bonds is 4. The number of ether oxygens (including phenoxy) is 1. The molecule has 0 N–H and O–H groups in total. The topological polar surface area (TPSA) is 58.6 Å². The van der Waals surface area contributed by atoms with Gasteiger partial charge in [0.1, 0.15) is 5.75 Å². The average Bonchev–Trinajstić information content (AvgIpc) is 2.82. The Hall–Kier alpha value is -2.47. The van der Waals surface area contributed by atoms with Crippen LogP contribution >= 0.6 is 0 Å². The number of aromatic nitrogens is 2. The highest BCUT2D eigenvalue weighted by Crippen LogP contribution is 2.42. The van der Waals surface area contributed by atoms with Crippen molar-refractivity contribution in [3.63, 3.8) is 0 Å². The van der Waals surface area contributed by atoms with Gasteiger partial charge in [-0.25, -0.2) is 0 Å². The number of carbonyl (C=O) groups is 1. The third-order valence-electron chi connectivity index (χ3n) is 7.32. The Bertz CT molecular complexity index is 890. The SMILES string of the molecule is COc1cccc(C[C@H]2[C@H]3C[C@H](CN(C(=O)c4ccnnc4)C3)[C@@H]3CCCCN32)c1. The van der Waals surface area contributed by atoms with E-state index in [0.29, 0.717) is 29.5 Å². The van der Waals surface area contributed by atoms with Crippen LogP contribution in [0.5, 0.6) is 5.75 Å². The van der Waals surface area contributed by atoms with Crippen LogP contribution in [-0.2, 0) is 6.42 Å². The number of piperidine rings is 3. The van der Waals surface area contributed by atoms with Crippen LogP contribution in [0.2, 0.25) is 0 Å². The smallest absolute Gasteiger partial charge is 0.255 e. The molecule has 0 unspecified atom stereocenters. The van der Waals surface area contributed by atoms with Gasteiger partial charge in [0.25, 0.3) is 5.91 Å². The quantitative estimate of drug-likeness (QED) is 0.781. The summed E-state index contributed by atoms with van der Waals surface area (Å²) in [7, 11) is 1.73. The summed E-state index contributed by atoms with van der Waals surface area (Å²) in [5, 5.41) is 7.73. The first-order valence-electron chi connectivity index (χ1n) is 11.2. The molecule has 4 atom stereocenters. The third kappa shape index (κ3) is 3.69. The molecule has 5 rings (SSSR count). The first kappa shape index (κ1) is 19.5. The summed E-state index contributed by atoms with van der Waals surface area (Å²) < 4.78 is 5.45. The molecule has 0 saturated carbocycles. The van der Waals surface area contributed by atoms with Crippen molar-refractivity contribution in [1.29, 1.82) is 0 Å². The Kier molecular flexibility index (Phi) is 5.42. The molecule has 2 aromatic rings. The maximum atomic E-state index is 13.2. The van der Waals surface area contributed by atoms with E-state index in [0.717, 1.165) is 25.3 Å². The van der Waals surface area contributed by atoms with Gasteiger partial charge in [-0.2, -0.15) is 10.2 Å².